The monoisotopic (exact) mass is 338 g/mol. The molecule has 0 radical (unpaired) electrons. The van der Waals surface area contributed by atoms with Gasteiger partial charge in [0.1, 0.15) is 0 Å². The molecular formula is C10H20Cl2O2S3. The molecule has 0 spiro atoms. The van der Waals surface area contributed by atoms with Crippen molar-refractivity contribution < 1.29 is 10.2 Å². The number of aliphatic hydroxyl groups excluding tert-OH is 2. The van der Waals surface area contributed by atoms with E-state index in [9.17, 15) is 10.2 Å². The second-order valence-electron chi connectivity index (χ2n) is 3.38. The van der Waals surface area contributed by atoms with Crippen molar-refractivity contribution in [2.24, 2.45) is 0 Å². The summed E-state index contributed by atoms with van der Waals surface area (Å²) < 4.78 is 0. The lowest BCUT2D eigenvalue weighted by Gasteiger charge is -2.07. The fourth-order valence-electron chi connectivity index (χ4n) is 0.866. The third-order valence-corrected chi connectivity index (χ3v) is 6.16. The fourth-order valence-corrected chi connectivity index (χ4v) is 4.55. The molecule has 0 aliphatic rings. The average Bonchev–Trinajstić information content (AvgIpc) is 2.35. The predicted octanol–water partition coefficient (Wildman–Crippen LogP) is 2.39. The van der Waals surface area contributed by atoms with Crippen LogP contribution in [-0.4, -0.2) is 68.7 Å². The molecule has 0 heterocycles. The van der Waals surface area contributed by atoms with Gasteiger partial charge in [0.2, 0.25) is 0 Å². The van der Waals surface area contributed by atoms with E-state index in [1.165, 1.54) is 0 Å². The smallest absolute Gasteiger partial charge is 0.0765 e. The predicted molar refractivity (Wildman–Crippen MR) is 85.4 cm³/mol. The standard InChI is InChI=1S/C10H20Cl2O2S3/c11-5-9(13)7-16-3-1-15-2-4-17-8-10(14)6-12/h9-10,13-14H,1-8H2. The topological polar surface area (TPSA) is 40.5 Å². The molecule has 2 unspecified atom stereocenters. The molecule has 0 amide bonds. The van der Waals surface area contributed by atoms with Crippen molar-refractivity contribution in [3.8, 4) is 0 Å². The second-order valence-corrected chi connectivity index (χ2v) is 7.52. The molecule has 0 bridgehead atoms. The van der Waals surface area contributed by atoms with E-state index < -0.39 is 0 Å². The summed E-state index contributed by atoms with van der Waals surface area (Å²) in [5, 5.41) is 18.4. The van der Waals surface area contributed by atoms with Gasteiger partial charge < -0.3 is 10.2 Å². The molecule has 0 saturated carbocycles. The average molecular weight is 339 g/mol. The first-order valence-corrected chi connectivity index (χ1v) is 9.95. The van der Waals surface area contributed by atoms with Gasteiger partial charge in [-0.15, -0.1) is 23.2 Å². The van der Waals surface area contributed by atoms with E-state index in [1.807, 2.05) is 11.8 Å². The molecule has 0 rings (SSSR count). The molecule has 2 nitrogen and oxygen atoms in total. The first-order valence-electron chi connectivity index (χ1n) is 5.42. The number of alkyl halides is 2. The van der Waals surface area contributed by atoms with E-state index >= 15 is 0 Å². The highest BCUT2D eigenvalue weighted by Gasteiger charge is 2.02. The Morgan fingerprint density at radius 1 is 0.706 bits per heavy atom. The Kier molecular flexibility index (Phi) is 15.2. The third kappa shape index (κ3) is 13.8. The number of aliphatic hydroxyl groups is 2. The number of thioether (sulfide) groups is 3. The minimum Gasteiger partial charge on any atom is -0.391 e. The SMILES string of the molecule is OC(CCl)CSCCSCCSCC(O)CCl. The molecule has 0 aliphatic carbocycles. The van der Waals surface area contributed by atoms with Crippen molar-refractivity contribution in [1.29, 1.82) is 0 Å². The van der Waals surface area contributed by atoms with Crippen LogP contribution < -0.4 is 0 Å². The maximum absolute atomic E-state index is 9.21. The maximum Gasteiger partial charge on any atom is 0.0765 e. The van der Waals surface area contributed by atoms with Crippen molar-refractivity contribution in [3.63, 3.8) is 0 Å². The second kappa shape index (κ2) is 14.0. The van der Waals surface area contributed by atoms with Crippen LogP contribution in [0.25, 0.3) is 0 Å². The van der Waals surface area contributed by atoms with Gasteiger partial charge in [-0.1, -0.05) is 0 Å². The highest BCUT2D eigenvalue weighted by atomic mass is 35.5. The summed E-state index contributed by atoms with van der Waals surface area (Å²) in [6.07, 6.45) is -0.751. The van der Waals surface area contributed by atoms with Gasteiger partial charge >= 0.3 is 0 Å². The molecule has 0 aromatic heterocycles. The van der Waals surface area contributed by atoms with E-state index in [1.54, 1.807) is 23.5 Å². The summed E-state index contributed by atoms with van der Waals surface area (Å²) in [7, 11) is 0. The lowest BCUT2D eigenvalue weighted by atomic mass is 10.5. The van der Waals surface area contributed by atoms with Gasteiger partial charge in [0.25, 0.3) is 0 Å². The summed E-state index contributed by atoms with van der Waals surface area (Å²) >= 11 is 16.3. The molecule has 17 heavy (non-hydrogen) atoms. The number of hydrogen-bond acceptors (Lipinski definition) is 5. The molecule has 0 aromatic carbocycles. The Labute approximate surface area is 127 Å². The zero-order chi connectivity index (χ0) is 12.9. The van der Waals surface area contributed by atoms with Gasteiger partial charge in [0.05, 0.1) is 12.2 Å². The van der Waals surface area contributed by atoms with Crippen LogP contribution in [0.4, 0.5) is 0 Å². The van der Waals surface area contributed by atoms with E-state index in [0.717, 1.165) is 34.5 Å². The molecule has 7 heteroatoms. The number of halogens is 2. The zero-order valence-corrected chi connectivity index (χ0v) is 13.6. The summed E-state index contributed by atoms with van der Waals surface area (Å²) in [6.45, 7) is 0. The molecule has 0 fully saturated rings. The first-order chi connectivity index (χ1) is 8.20. The summed E-state index contributed by atoms with van der Waals surface area (Å²) in [5.74, 6) is 6.37. The molecule has 2 atom stereocenters. The van der Waals surface area contributed by atoms with Crippen LogP contribution in [0.5, 0.6) is 0 Å². The minimum atomic E-state index is -0.376. The molecular weight excluding hydrogens is 319 g/mol. The largest absolute Gasteiger partial charge is 0.391 e. The highest BCUT2D eigenvalue weighted by Crippen LogP contribution is 2.12. The Morgan fingerprint density at radius 3 is 1.41 bits per heavy atom. The molecule has 0 aromatic rings. The lowest BCUT2D eigenvalue weighted by Crippen LogP contribution is -2.12. The van der Waals surface area contributed by atoms with E-state index in [4.69, 9.17) is 23.2 Å². The zero-order valence-electron chi connectivity index (χ0n) is 9.69. The van der Waals surface area contributed by atoms with Crippen LogP contribution >= 0.6 is 58.5 Å². The van der Waals surface area contributed by atoms with Crippen molar-refractivity contribution >= 4 is 58.5 Å². The van der Waals surface area contributed by atoms with Crippen LogP contribution in [-0.2, 0) is 0 Å². The van der Waals surface area contributed by atoms with Crippen LogP contribution in [0.3, 0.4) is 0 Å². The van der Waals surface area contributed by atoms with Crippen LogP contribution in [0.15, 0.2) is 0 Å². The van der Waals surface area contributed by atoms with Crippen LogP contribution in [0, 0.1) is 0 Å². The lowest BCUT2D eigenvalue weighted by molar-refractivity contribution is 0.223. The van der Waals surface area contributed by atoms with Crippen molar-refractivity contribution in [1.82, 2.24) is 0 Å². The minimum absolute atomic E-state index is 0.319. The molecule has 104 valence electrons. The van der Waals surface area contributed by atoms with Gasteiger partial charge in [-0.2, -0.15) is 35.3 Å². The number of hydrogen-bond donors (Lipinski definition) is 2. The van der Waals surface area contributed by atoms with E-state index in [0.29, 0.717) is 11.8 Å². The maximum atomic E-state index is 9.21. The molecule has 2 N–H and O–H groups in total. The van der Waals surface area contributed by atoms with Gasteiger partial charge in [0, 0.05) is 46.3 Å². The Hall–Kier alpha value is 1.55. The van der Waals surface area contributed by atoms with Crippen molar-refractivity contribution in [2.75, 3.05) is 46.3 Å². The third-order valence-electron chi connectivity index (χ3n) is 1.72. The Bertz CT molecular complexity index is 150. The first kappa shape index (κ1) is 18.6. The number of rotatable bonds is 12. The van der Waals surface area contributed by atoms with E-state index in [-0.39, 0.29) is 12.2 Å². The normalized spacial score (nSPS) is 14.8. The van der Waals surface area contributed by atoms with Crippen molar-refractivity contribution in [3.05, 3.63) is 0 Å². The van der Waals surface area contributed by atoms with E-state index in [2.05, 4.69) is 0 Å². The molecule has 0 aliphatic heterocycles. The fraction of sp³-hybridized carbons (Fsp3) is 1.00. The quantitative estimate of drug-likeness (QED) is 0.422. The summed E-state index contributed by atoms with van der Waals surface area (Å²) in [4.78, 5) is 0. The van der Waals surface area contributed by atoms with Crippen LogP contribution in [0.2, 0.25) is 0 Å². The summed E-state index contributed by atoms with van der Waals surface area (Å²) in [5.41, 5.74) is 0. The van der Waals surface area contributed by atoms with Crippen LogP contribution in [0.1, 0.15) is 0 Å². The van der Waals surface area contributed by atoms with Gasteiger partial charge in [0.15, 0.2) is 0 Å². The van der Waals surface area contributed by atoms with Gasteiger partial charge in [-0.05, 0) is 0 Å². The Morgan fingerprint density at radius 2 is 1.06 bits per heavy atom. The molecule has 0 saturated heterocycles. The van der Waals surface area contributed by atoms with Crippen molar-refractivity contribution in [2.45, 2.75) is 12.2 Å². The Balaban J connectivity index is 3.04. The van der Waals surface area contributed by atoms with Gasteiger partial charge in [-0.3, -0.25) is 0 Å². The highest BCUT2D eigenvalue weighted by molar-refractivity contribution is 8.04. The van der Waals surface area contributed by atoms with Gasteiger partial charge in [-0.25, -0.2) is 0 Å². The summed E-state index contributed by atoms with van der Waals surface area (Å²) in [6, 6.07) is 0.